The third kappa shape index (κ3) is 4.90. The number of aromatic amines is 1. The topological polar surface area (TPSA) is 89.6 Å². The van der Waals surface area contributed by atoms with E-state index >= 15 is 0 Å². The Balaban J connectivity index is 1.16. The summed E-state index contributed by atoms with van der Waals surface area (Å²) in [6, 6.07) is 7.68. The van der Waals surface area contributed by atoms with Crippen LogP contribution in [0.15, 0.2) is 36.7 Å². The summed E-state index contributed by atoms with van der Waals surface area (Å²) in [5.41, 5.74) is 4.45. The lowest BCUT2D eigenvalue weighted by Gasteiger charge is -2.37. The molecule has 10 heteroatoms. The Morgan fingerprint density at radius 1 is 1.19 bits per heavy atom. The standard InChI is InChI=1S/C27H32ClN5O3S/c1-18-15-31(16-18)8-3-11-37(35,36)32-9-10-33(24(34)17-32)21-5-2-4-20(12-21)23-14-30-27-25(26(23)28)22(13-29-27)19-6-7-19/h2,4-5,12-14,18-19H,3,6-11,15-17H2,1H3,(H,29,30). The van der Waals surface area contributed by atoms with Crippen LogP contribution < -0.4 is 4.90 Å². The van der Waals surface area contributed by atoms with Crippen LogP contribution in [0.3, 0.4) is 0 Å². The minimum Gasteiger partial charge on any atom is -0.346 e. The average Bonchev–Trinajstić information content (AvgIpc) is 3.61. The van der Waals surface area contributed by atoms with Gasteiger partial charge in [0.1, 0.15) is 5.65 Å². The number of rotatable bonds is 8. The first-order valence-corrected chi connectivity index (χ1v) is 15.1. The number of hydrogen-bond acceptors (Lipinski definition) is 5. The summed E-state index contributed by atoms with van der Waals surface area (Å²) in [4.78, 5) is 24.9. The first-order valence-electron chi connectivity index (χ1n) is 13.1. The lowest BCUT2D eigenvalue weighted by Crippen LogP contribution is -2.53. The van der Waals surface area contributed by atoms with E-state index in [1.54, 1.807) is 11.1 Å². The van der Waals surface area contributed by atoms with E-state index in [1.165, 1.54) is 22.7 Å². The van der Waals surface area contributed by atoms with Crippen molar-refractivity contribution in [2.24, 2.45) is 5.92 Å². The van der Waals surface area contributed by atoms with E-state index in [-0.39, 0.29) is 18.2 Å². The van der Waals surface area contributed by atoms with Gasteiger partial charge in [0.2, 0.25) is 15.9 Å². The van der Waals surface area contributed by atoms with E-state index in [1.807, 2.05) is 30.5 Å². The highest BCUT2D eigenvalue weighted by Gasteiger charge is 2.33. The van der Waals surface area contributed by atoms with Crippen LogP contribution in [-0.2, 0) is 14.8 Å². The molecule has 0 radical (unpaired) electrons. The van der Waals surface area contributed by atoms with Gasteiger partial charge < -0.3 is 14.8 Å². The molecule has 1 aliphatic carbocycles. The molecule has 1 aromatic carbocycles. The minimum atomic E-state index is -3.46. The van der Waals surface area contributed by atoms with Gasteiger partial charge in [-0.2, -0.15) is 4.31 Å². The molecule has 1 saturated carbocycles. The highest BCUT2D eigenvalue weighted by molar-refractivity contribution is 7.89. The van der Waals surface area contributed by atoms with E-state index in [9.17, 15) is 13.2 Å². The molecule has 6 rings (SSSR count). The summed E-state index contributed by atoms with van der Waals surface area (Å²) in [7, 11) is -3.46. The predicted molar refractivity (Wildman–Crippen MR) is 146 cm³/mol. The van der Waals surface area contributed by atoms with E-state index < -0.39 is 10.0 Å². The number of H-pyrrole nitrogens is 1. The summed E-state index contributed by atoms with van der Waals surface area (Å²) in [5, 5.41) is 1.64. The largest absolute Gasteiger partial charge is 0.346 e. The van der Waals surface area contributed by atoms with E-state index in [0.29, 0.717) is 36.4 Å². The fourth-order valence-electron chi connectivity index (χ4n) is 5.61. The molecule has 1 N–H and O–H groups in total. The van der Waals surface area contributed by atoms with Gasteiger partial charge in [-0.3, -0.25) is 4.79 Å². The Morgan fingerprint density at radius 3 is 2.73 bits per heavy atom. The second kappa shape index (κ2) is 9.69. The van der Waals surface area contributed by atoms with Crippen molar-refractivity contribution in [2.75, 3.05) is 49.9 Å². The molecule has 37 heavy (non-hydrogen) atoms. The van der Waals surface area contributed by atoms with Gasteiger partial charge in [0, 0.05) is 55.2 Å². The summed E-state index contributed by atoms with van der Waals surface area (Å²) < 4.78 is 27.1. The van der Waals surface area contributed by atoms with Crippen LogP contribution in [0.4, 0.5) is 5.69 Å². The molecule has 3 aliphatic rings. The Labute approximate surface area is 222 Å². The number of nitrogens with one attached hydrogen (secondary N) is 1. The van der Waals surface area contributed by atoms with Gasteiger partial charge in [0.15, 0.2) is 0 Å². The average molecular weight is 542 g/mol. The molecule has 0 atom stereocenters. The number of fused-ring (bicyclic) bond motifs is 1. The number of anilines is 1. The molecule has 0 spiro atoms. The van der Waals surface area contributed by atoms with Crippen LogP contribution >= 0.6 is 11.6 Å². The minimum absolute atomic E-state index is 0.0800. The maximum atomic E-state index is 13.1. The van der Waals surface area contributed by atoms with Crippen LogP contribution in [0, 0.1) is 5.92 Å². The maximum Gasteiger partial charge on any atom is 0.242 e. The van der Waals surface area contributed by atoms with Gasteiger partial charge in [-0.05, 0) is 60.9 Å². The molecule has 0 bridgehead atoms. The highest BCUT2D eigenvalue weighted by atomic mass is 35.5. The number of piperazine rings is 1. The summed E-state index contributed by atoms with van der Waals surface area (Å²) in [6.45, 7) is 5.55. The first-order chi connectivity index (χ1) is 17.8. The lowest BCUT2D eigenvalue weighted by molar-refractivity contribution is -0.119. The Morgan fingerprint density at radius 2 is 2.00 bits per heavy atom. The molecule has 8 nitrogen and oxygen atoms in total. The lowest BCUT2D eigenvalue weighted by atomic mass is 10.0. The summed E-state index contributed by atoms with van der Waals surface area (Å²) in [6.07, 6.45) is 6.71. The molecule has 2 aromatic heterocycles. The van der Waals surface area contributed by atoms with Crippen molar-refractivity contribution in [2.45, 2.75) is 32.1 Å². The number of hydrogen-bond donors (Lipinski definition) is 1. The zero-order valence-corrected chi connectivity index (χ0v) is 22.6. The van der Waals surface area contributed by atoms with Crippen molar-refractivity contribution in [3.8, 4) is 11.1 Å². The van der Waals surface area contributed by atoms with Gasteiger partial charge in [-0.25, -0.2) is 13.4 Å². The van der Waals surface area contributed by atoms with E-state index in [4.69, 9.17) is 11.6 Å². The predicted octanol–water partition coefficient (Wildman–Crippen LogP) is 4.08. The molecular formula is C27H32ClN5O3S. The second-order valence-electron chi connectivity index (χ2n) is 10.7. The number of carbonyl (C=O) groups excluding carboxylic acids is 1. The van der Waals surface area contributed by atoms with Crippen LogP contribution in [0.1, 0.15) is 37.7 Å². The highest BCUT2D eigenvalue weighted by Crippen LogP contribution is 2.46. The normalized spacial score (nSPS) is 20.1. The van der Waals surface area contributed by atoms with Gasteiger partial charge in [-0.1, -0.05) is 30.7 Å². The second-order valence-corrected chi connectivity index (χ2v) is 13.2. The third-order valence-corrected chi connectivity index (χ3v) is 10.0. The van der Waals surface area contributed by atoms with Gasteiger partial charge in [0.25, 0.3) is 0 Å². The SMILES string of the molecule is CC1CN(CCCS(=O)(=O)N2CCN(c3cccc(-c4cnc5[nH]cc(C6CC6)c5c4Cl)c3)C(=O)C2)C1. The molecule has 3 aromatic rings. The maximum absolute atomic E-state index is 13.1. The number of amides is 1. The number of benzene rings is 1. The summed E-state index contributed by atoms with van der Waals surface area (Å²) >= 11 is 6.89. The molecular weight excluding hydrogens is 510 g/mol. The first kappa shape index (κ1) is 24.9. The molecule has 1 amide bonds. The van der Waals surface area contributed by atoms with Crippen LogP contribution in [0.25, 0.3) is 22.2 Å². The molecule has 3 fully saturated rings. The molecule has 0 unspecified atom stereocenters. The van der Waals surface area contributed by atoms with Crippen molar-refractivity contribution in [3.63, 3.8) is 0 Å². The van der Waals surface area contributed by atoms with Crippen LogP contribution in [-0.4, -0.2) is 78.5 Å². The monoisotopic (exact) mass is 541 g/mol. The van der Waals surface area contributed by atoms with E-state index in [0.717, 1.165) is 47.5 Å². The zero-order chi connectivity index (χ0) is 25.7. The Bertz CT molecular complexity index is 1450. The van der Waals surface area contributed by atoms with Crippen molar-refractivity contribution in [1.29, 1.82) is 0 Å². The number of nitrogens with zero attached hydrogens (tertiary/aromatic N) is 4. The van der Waals surface area contributed by atoms with Gasteiger partial charge in [0.05, 0.1) is 17.3 Å². The van der Waals surface area contributed by atoms with Crippen molar-refractivity contribution >= 4 is 44.3 Å². The Hall–Kier alpha value is -2.46. The number of pyridine rings is 1. The van der Waals surface area contributed by atoms with Crippen molar-refractivity contribution in [3.05, 3.63) is 47.2 Å². The molecule has 2 aliphatic heterocycles. The third-order valence-electron chi connectivity index (χ3n) is 7.75. The number of carbonyl (C=O) groups is 1. The molecule has 196 valence electrons. The number of aromatic nitrogens is 2. The zero-order valence-electron chi connectivity index (χ0n) is 21.0. The fourth-order valence-corrected chi connectivity index (χ4v) is 7.39. The van der Waals surface area contributed by atoms with Crippen molar-refractivity contribution in [1.82, 2.24) is 19.2 Å². The van der Waals surface area contributed by atoms with Crippen LogP contribution in [0.5, 0.6) is 0 Å². The van der Waals surface area contributed by atoms with Crippen LogP contribution in [0.2, 0.25) is 5.02 Å². The van der Waals surface area contributed by atoms with Crippen molar-refractivity contribution < 1.29 is 13.2 Å². The fraction of sp³-hybridized carbons (Fsp3) is 0.481. The van der Waals surface area contributed by atoms with Gasteiger partial charge in [-0.15, -0.1) is 0 Å². The number of sulfonamides is 1. The number of likely N-dealkylation sites (tertiary alicyclic amines) is 1. The van der Waals surface area contributed by atoms with Gasteiger partial charge >= 0.3 is 0 Å². The number of halogens is 1. The summed E-state index contributed by atoms with van der Waals surface area (Å²) in [5.74, 6) is 1.10. The quantitative estimate of drug-likeness (QED) is 0.464. The molecule has 2 saturated heterocycles. The smallest absolute Gasteiger partial charge is 0.242 e. The van der Waals surface area contributed by atoms with E-state index in [2.05, 4.69) is 21.8 Å². The molecule has 4 heterocycles. The Kier molecular flexibility index (Phi) is 6.51.